The van der Waals surface area contributed by atoms with Crippen molar-refractivity contribution in [3.63, 3.8) is 0 Å². The van der Waals surface area contributed by atoms with E-state index in [0.29, 0.717) is 36.5 Å². The SMILES string of the molecule is COC(=O)c1ccc(C(O)CN(CCO)Cc2ccccc2)cc1OC. The second-order valence-electron chi connectivity index (χ2n) is 5.91. The summed E-state index contributed by atoms with van der Waals surface area (Å²) < 4.78 is 9.97. The van der Waals surface area contributed by atoms with Gasteiger partial charge >= 0.3 is 5.97 Å². The molecule has 2 aromatic rings. The fourth-order valence-corrected chi connectivity index (χ4v) is 2.76. The van der Waals surface area contributed by atoms with Gasteiger partial charge in [-0.15, -0.1) is 0 Å². The highest BCUT2D eigenvalue weighted by atomic mass is 16.5. The zero-order valence-corrected chi connectivity index (χ0v) is 15.1. The number of carbonyl (C=O) groups is 1. The molecule has 26 heavy (non-hydrogen) atoms. The van der Waals surface area contributed by atoms with E-state index in [4.69, 9.17) is 9.47 Å². The lowest BCUT2D eigenvalue weighted by Crippen LogP contribution is -2.31. The first-order valence-corrected chi connectivity index (χ1v) is 8.40. The Kier molecular flexibility index (Phi) is 7.59. The molecular weight excluding hydrogens is 334 g/mol. The number of ether oxygens (including phenoxy) is 2. The molecule has 140 valence electrons. The highest BCUT2D eigenvalue weighted by molar-refractivity contribution is 5.92. The molecule has 0 bridgehead atoms. The summed E-state index contributed by atoms with van der Waals surface area (Å²) in [5, 5.41) is 19.9. The first-order chi connectivity index (χ1) is 12.6. The second kappa shape index (κ2) is 9.91. The Morgan fingerprint density at radius 1 is 1.15 bits per heavy atom. The molecule has 0 saturated heterocycles. The van der Waals surface area contributed by atoms with Crippen LogP contribution in [0.3, 0.4) is 0 Å². The van der Waals surface area contributed by atoms with Gasteiger partial charge in [0.2, 0.25) is 0 Å². The maximum Gasteiger partial charge on any atom is 0.341 e. The fraction of sp³-hybridized carbons (Fsp3) is 0.350. The Balaban J connectivity index is 2.13. The largest absolute Gasteiger partial charge is 0.496 e. The minimum atomic E-state index is -0.786. The van der Waals surface area contributed by atoms with Crippen LogP contribution in [0, 0.1) is 0 Å². The molecule has 2 rings (SSSR count). The topological polar surface area (TPSA) is 79.2 Å². The van der Waals surface area contributed by atoms with Crippen LogP contribution >= 0.6 is 0 Å². The van der Waals surface area contributed by atoms with E-state index < -0.39 is 12.1 Å². The Labute approximate surface area is 153 Å². The van der Waals surface area contributed by atoms with Crippen molar-refractivity contribution < 1.29 is 24.5 Å². The molecule has 0 aliphatic heterocycles. The van der Waals surface area contributed by atoms with Gasteiger partial charge in [0.05, 0.1) is 26.9 Å². The van der Waals surface area contributed by atoms with Gasteiger partial charge in [-0.25, -0.2) is 4.79 Å². The lowest BCUT2D eigenvalue weighted by molar-refractivity contribution is 0.0596. The molecule has 0 aliphatic carbocycles. The van der Waals surface area contributed by atoms with Crippen molar-refractivity contribution in [2.45, 2.75) is 12.6 Å². The van der Waals surface area contributed by atoms with Gasteiger partial charge in [0.15, 0.2) is 0 Å². The van der Waals surface area contributed by atoms with Crippen molar-refractivity contribution in [2.75, 3.05) is 33.9 Å². The van der Waals surface area contributed by atoms with Crippen LogP contribution in [0.25, 0.3) is 0 Å². The first kappa shape index (κ1) is 19.9. The van der Waals surface area contributed by atoms with Gasteiger partial charge in [0, 0.05) is 19.6 Å². The lowest BCUT2D eigenvalue weighted by atomic mass is 10.0. The lowest BCUT2D eigenvalue weighted by Gasteiger charge is -2.25. The minimum absolute atomic E-state index is 0.00412. The van der Waals surface area contributed by atoms with Gasteiger partial charge in [-0.3, -0.25) is 4.90 Å². The number of methoxy groups -OCH3 is 2. The first-order valence-electron chi connectivity index (χ1n) is 8.40. The zero-order chi connectivity index (χ0) is 18.9. The predicted molar refractivity (Wildman–Crippen MR) is 98.1 cm³/mol. The van der Waals surface area contributed by atoms with E-state index in [1.54, 1.807) is 18.2 Å². The average molecular weight is 359 g/mol. The van der Waals surface area contributed by atoms with Crippen LogP contribution in [0.15, 0.2) is 48.5 Å². The number of hydrogen-bond donors (Lipinski definition) is 2. The molecule has 0 fully saturated rings. The summed E-state index contributed by atoms with van der Waals surface area (Å²) in [6.07, 6.45) is -0.786. The summed E-state index contributed by atoms with van der Waals surface area (Å²) in [4.78, 5) is 13.7. The number of benzene rings is 2. The van der Waals surface area contributed by atoms with Crippen molar-refractivity contribution in [3.05, 3.63) is 65.2 Å². The number of hydrogen-bond acceptors (Lipinski definition) is 6. The van der Waals surface area contributed by atoms with Crippen molar-refractivity contribution in [1.29, 1.82) is 0 Å². The summed E-state index contributed by atoms with van der Waals surface area (Å²) in [6, 6.07) is 14.8. The van der Waals surface area contributed by atoms with Crippen molar-refractivity contribution in [2.24, 2.45) is 0 Å². The average Bonchev–Trinajstić information content (AvgIpc) is 2.67. The third-order valence-corrected chi connectivity index (χ3v) is 4.11. The van der Waals surface area contributed by atoms with E-state index in [2.05, 4.69) is 0 Å². The van der Waals surface area contributed by atoms with Crippen molar-refractivity contribution >= 4 is 5.97 Å². The number of nitrogens with zero attached hydrogens (tertiary/aromatic N) is 1. The highest BCUT2D eigenvalue weighted by Gasteiger charge is 2.18. The third-order valence-electron chi connectivity index (χ3n) is 4.11. The molecule has 0 heterocycles. The molecule has 0 saturated carbocycles. The molecular formula is C20H25NO5. The van der Waals surface area contributed by atoms with Gasteiger partial charge in [-0.2, -0.15) is 0 Å². The molecule has 0 amide bonds. The number of rotatable bonds is 9. The standard InChI is InChI=1S/C20H25NO5/c1-25-19-12-16(8-9-17(19)20(24)26-2)18(23)14-21(10-11-22)13-15-6-4-3-5-7-15/h3-9,12,18,22-23H,10-11,13-14H2,1-2H3. The number of aliphatic hydroxyl groups is 2. The van der Waals surface area contributed by atoms with Crippen LogP contribution in [-0.2, 0) is 11.3 Å². The molecule has 0 aliphatic rings. The molecule has 0 aromatic heterocycles. The van der Waals surface area contributed by atoms with E-state index in [9.17, 15) is 15.0 Å². The van der Waals surface area contributed by atoms with Crippen molar-refractivity contribution in [1.82, 2.24) is 4.90 Å². The van der Waals surface area contributed by atoms with Gasteiger partial charge in [0.1, 0.15) is 11.3 Å². The molecule has 2 N–H and O–H groups in total. The normalized spacial score (nSPS) is 12.0. The molecule has 6 nitrogen and oxygen atoms in total. The fourth-order valence-electron chi connectivity index (χ4n) is 2.76. The molecule has 0 spiro atoms. The molecule has 6 heteroatoms. The number of esters is 1. The van der Waals surface area contributed by atoms with Crippen LogP contribution in [-0.4, -0.2) is 55.0 Å². The number of carbonyl (C=O) groups excluding carboxylic acids is 1. The zero-order valence-electron chi connectivity index (χ0n) is 15.1. The number of aliphatic hydroxyl groups excluding tert-OH is 2. The van der Waals surface area contributed by atoms with Crippen LogP contribution in [0.5, 0.6) is 5.75 Å². The van der Waals surface area contributed by atoms with E-state index >= 15 is 0 Å². The van der Waals surface area contributed by atoms with Gasteiger partial charge < -0.3 is 19.7 Å². The van der Waals surface area contributed by atoms with Crippen LogP contribution in [0.1, 0.15) is 27.6 Å². The summed E-state index contributed by atoms with van der Waals surface area (Å²) in [5.41, 5.74) is 2.04. The van der Waals surface area contributed by atoms with Gasteiger partial charge in [-0.1, -0.05) is 36.4 Å². The van der Waals surface area contributed by atoms with Crippen molar-refractivity contribution in [3.8, 4) is 5.75 Å². The third kappa shape index (κ3) is 5.29. The predicted octanol–water partition coefficient (Wildman–Crippen LogP) is 2.01. The molecule has 2 aromatic carbocycles. The van der Waals surface area contributed by atoms with Crippen LogP contribution in [0.2, 0.25) is 0 Å². The quantitative estimate of drug-likeness (QED) is 0.667. The van der Waals surface area contributed by atoms with Gasteiger partial charge in [0.25, 0.3) is 0 Å². The summed E-state index contributed by atoms with van der Waals surface area (Å²) in [5.74, 6) is -0.140. The second-order valence-corrected chi connectivity index (χ2v) is 5.91. The van der Waals surface area contributed by atoms with E-state index in [0.717, 1.165) is 5.56 Å². The summed E-state index contributed by atoms with van der Waals surface area (Å²) in [6.45, 7) is 1.42. The minimum Gasteiger partial charge on any atom is -0.496 e. The van der Waals surface area contributed by atoms with E-state index in [-0.39, 0.29) is 6.61 Å². The smallest absolute Gasteiger partial charge is 0.341 e. The Morgan fingerprint density at radius 3 is 2.50 bits per heavy atom. The maximum absolute atomic E-state index is 11.7. The summed E-state index contributed by atoms with van der Waals surface area (Å²) >= 11 is 0. The monoisotopic (exact) mass is 359 g/mol. The van der Waals surface area contributed by atoms with E-state index in [1.807, 2.05) is 35.2 Å². The van der Waals surface area contributed by atoms with Crippen LogP contribution < -0.4 is 4.74 Å². The van der Waals surface area contributed by atoms with Crippen LogP contribution in [0.4, 0.5) is 0 Å². The van der Waals surface area contributed by atoms with E-state index in [1.165, 1.54) is 14.2 Å². The molecule has 1 atom stereocenters. The molecule has 1 unspecified atom stereocenters. The Bertz CT molecular complexity index is 705. The molecule has 0 radical (unpaired) electrons. The highest BCUT2D eigenvalue weighted by Crippen LogP contribution is 2.25. The Hall–Kier alpha value is -2.41. The Morgan fingerprint density at radius 2 is 1.88 bits per heavy atom. The van der Waals surface area contributed by atoms with Gasteiger partial charge in [-0.05, 0) is 23.3 Å². The summed E-state index contributed by atoms with van der Waals surface area (Å²) in [7, 11) is 2.77. The maximum atomic E-state index is 11.7.